The van der Waals surface area contributed by atoms with Crippen LogP contribution in [0.15, 0.2) is 18.3 Å². The second-order valence-corrected chi connectivity index (χ2v) is 4.35. The molecule has 0 saturated carbocycles. The zero-order valence-electron chi connectivity index (χ0n) is 8.74. The Bertz CT molecular complexity index is 315. The highest BCUT2D eigenvalue weighted by molar-refractivity contribution is 6.30. The number of hydrogen-bond acceptors (Lipinski definition) is 3. The van der Waals surface area contributed by atoms with E-state index in [4.69, 9.17) is 16.3 Å². The zero-order chi connectivity index (χ0) is 10.7. The van der Waals surface area contributed by atoms with Gasteiger partial charge in [-0.2, -0.15) is 0 Å². The number of ether oxygens (including phenoxy) is 1. The Morgan fingerprint density at radius 2 is 2.40 bits per heavy atom. The molecule has 1 aliphatic heterocycles. The molecule has 0 amide bonds. The molecule has 1 N–H and O–H groups in total. The van der Waals surface area contributed by atoms with E-state index in [0.717, 1.165) is 25.3 Å². The first-order chi connectivity index (χ1) is 7.24. The van der Waals surface area contributed by atoms with Gasteiger partial charge in [0, 0.05) is 18.8 Å². The molecule has 1 aromatic rings. The Morgan fingerprint density at radius 3 is 3.07 bits per heavy atom. The summed E-state index contributed by atoms with van der Waals surface area (Å²) in [6, 6.07) is 4.21. The summed E-state index contributed by atoms with van der Waals surface area (Å²) in [4.78, 5) is 4.21. The summed E-state index contributed by atoms with van der Waals surface area (Å²) in [6.07, 6.45) is 4.06. The van der Waals surface area contributed by atoms with Crippen molar-refractivity contribution in [3.63, 3.8) is 0 Å². The van der Waals surface area contributed by atoms with Crippen LogP contribution in [0, 0.1) is 0 Å². The van der Waals surface area contributed by atoms with Crippen LogP contribution in [0.5, 0.6) is 0 Å². The van der Waals surface area contributed by atoms with E-state index in [0.29, 0.717) is 17.2 Å². The normalized spacial score (nSPS) is 26.3. The lowest BCUT2D eigenvalue weighted by atomic mass is 10.0. The molecule has 0 bridgehead atoms. The van der Waals surface area contributed by atoms with Gasteiger partial charge in [0.2, 0.25) is 0 Å². The maximum Gasteiger partial charge on any atom is 0.126 e. The van der Waals surface area contributed by atoms with Crippen molar-refractivity contribution in [2.24, 2.45) is 0 Å². The molecule has 1 aromatic heterocycles. The topological polar surface area (TPSA) is 34.2 Å². The number of nitrogens with zero attached hydrogens (tertiary/aromatic N) is 1. The molecule has 2 rings (SSSR count). The van der Waals surface area contributed by atoms with Crippen molar-refractivity contribution in [3.8, 4) is 0 Å². The van der Waals surface area contributed by atoms with Gasteiger partial charge in [-0.1, -0.05) is 11.6 Å². The maximum absolute atomic E-state index is 5.77. The van der Waals surface area contributed by atoms with E-state index < -0.39 is 0 Å². The lowest BCUT2D eigenvalue weighted by Crippen LogP contribution is -2.32. The van der Waals surface area contributed by atoms with Crippen molar-refractivity contribution in [2.45, 2.75) is 31.9 Å². The van der Waals surface area contributed by atoms with Gasteiger partial charge in [-0.05, 0) is 31.9 Å². The van der Waals surface area contributed by atoms with E-state index in [1.165, 1.54) is 0 Å². The highest BCUT2D eigenvalue weighted by Gasteiger charge is 2.19. The van der Waals surface area contributed by atoms with Crippen LogP contribution in [-0.4, -0.2) is 23.7 Å². The first-order valence-corrected chi connectivity index (χ1v) is 5.61. The van der Waals surface area contributed by atoms with Gasteiger partial charge in [0.25, 0.3) is 0 Å². The van der Waals surface area contributed by atoms with Gasteiger partial charge in [-0.25, -0.2) is 4.98 Å². The second-order valence-electron chi connectivity index (χ2n) is 3.91. The zero-order valence-corrected chi connectivity index (χ0v) is 9.50. The van der Waals surface area contributed by atoms with Crippen LogP contribution in [0.3, 0.4) is 0 Å². The fourth-order valence-corrected chi connectivity index (χ4v) is 1.91. The van der Waals surface area contributed by atoms with Gasteiger partial charge in [-0.15, -0.1) is 0 Å². The van der Waals surface area contributed by atoms with E-state index in [9.17, 15) is 0 Å². The molecule has 15 heavy (non-hydrogen) atoms. The molecule has 1 aliphatic rings. The lowest BCUT2D eigenvalue weighted by Gasteiger charge is -2.28. The molecule has 3 nitrogen and oxygen atoms in total. The van der Waals surface area contributed by atoms with Crippen molar-refractivity contribution in [2.75, 3.05) is 11.9 Å². The summed E-state index contributed by atoms with van der Waals surface area (Å²) in [5.41, 5.74) is 0. The number of nitrogens with one attached hydrogen (secondary N) is 1. The molecule has 2 atom stereocenters. The molecule has 1 fully saturated rings. The standard InChI is InChI=1S/C11H15ClN2O/c1-8-6-10(4-5-15-8)14-11-3-2-9(12)7-13-11/h2-3,7-8,10H,4-6H2,1H3,(H,13,14). The van der Waals surface area contributed by atoms with Crippen molar-refractivity contribution >= 4 is 17.4 Å². The maximum atomic E-state index is 5.77. The highest BCUT2D eigenvalue weighted by Crippen LogP contribution is 2.18. The van der Waals surface area contributed by atoms with Gasteiger partial charge < -0.3 is 10.1 Å². The number of halogens is 1. The first-order valence-electron chi connectivity index (χ1n) is 5.24. The number of anilines is 1. The number of aromatic nitrogens is 1. The average molecular weight is 227 g/mol. The molecule has 0 aliphatic carbocycles. The highest BCUT2D eigenvalue weighted by atomic mass is 35.5. The number of hydrogen-bond donors (Lipinski definition) is 1. The summed E-state index contributed by atoms with van der Waals surface area (Å²) in [6.45, 7) is 2.93. The molecule has 2 heterocycles. The Hall–Kier alpha value is -0.800. The van der Waals surface area contributed by atoms with Crippen LogP contribution < -0.4 is 5.32 Å². The van der Waals surface area contributed by atoms with E-state index in [1.54, 1.807) is 6.20 Å². The van der Waals surface area contributed by atoms with Crippen LogP contribution in [0.1, 0.15) is 19.8 Å². The Balaban J connectivity index is 1.93. The fraction of sp³-hybridized carbons (Fsp3) is 0.545. The van der Waals surface area contributed by atoms with E-state index in [-0.39, 0.29) is 0 Å². The molecular weight excluding hydrogens is 212 g/mol. The van der Waals surface area contributed by atoms with Gasteiger partial charge in [0.15, 0.2) is 0 Å². The molecular formula is C11H15ClN2O. The third-order valence-electron chi connectivity index (χ3n) is 2.56. The third kappa shape index (κ3) is 3.08. The van der Waals surface area contributed by atoms with Crippen LogP contribution in [-0.2, 0) is 4.74 Å². The largest absolute Gasteiger partial charge is 0.378 e. The molecule has 1 saturated heterocycles. The lowest BCUT2D eigenvalue weighted by molar-refractivity contribution is 0.0232. The summed E-state index contributed by atoms with van der Waals surface area (Å²) in [7, 11) is 0. The molecule has 4 heteroatoms. The van der Waals surface area contributed by atoms with Crippen LogP contribution in [0.4, 0.5) is 5.82 Å². The smallest absolute Gasteiger partial charge is 0.126 e. The summed E-state index contributed by atoms with van der Waals surface area (Å²) < 4.78 is 5.48. The number of pyridine rings is 1. The van der Waals surface area contributed by atoms with E-state index in [1.807, 2.05) is 12.1 Å². The first kappa shape index (κ1) is 10.7. The predicted octanol–water partition coefficient (Wildman–Crippen LogP) is 2.71. The number of rotatable bonds is 2. The van der Waals surface area contributed by atoms with Crippen molar-refractivity contribution in [3.05, 3.63) is 23.4 Å². The van der Waals surface area contributed by atoms with E-state index >= 15 is 0 Å². The minimum atomic E-state index is 0.337. The Kier molecular flexibility index (Phi) is 3.44. The minimum Gasteiger partial charge on any atom is -0.378 e. The van der Waals surface area contributed by atoms with Crippen LogP contribution in [0.2, 0.25) is 5.02 Å². The van der Waals surface area contributed by atoms with Crippen molar-refractivity contribution in [1.82, 2.24) is 4.98 Å². The third-order valence-corrected chi connectivity index (χ3v) is 2.79. The summed E-state index contributed by atoms with van der Waals surface area (Å²) in [5, 5.41) is 4.06. The van der Waals surface area contributed by atoms with Gasteiger partial charge in [0.05, 0.1) is 11.1 Å². The monoisotopic (exact) mass is 226 g/mol. The van der Waals surface area contributed by atoms with E-state index in [2.05, 4.69) is 17.2 Å². The molecule has 0 spiro atoms. The summed E-state index contributed by atoms with van der Waals surface area (Å²) in [5.74, 6) is 0.888. The average Bonchev–Trinajstić information content (AvgIpc) is 2.22. The SMILES string of the molecule is CC1CC(Nc2ccc(Cl)cn2)CCO1. The predicted molar refractivity (Wildman–Crippen MR) is 61.3 cm³/mol. The van der Waals surface area contributed by atoms with Gasteiger partial charge in [-0.3, -0.25) is 0 Å². The Morgan fingerprint density at radius 1 is 1.53 bits per heavy atom. The van der Waals surface area contributed by atoms with Crippen LogP contribution in [0.25, 0.3) is 0 Å². The van der Waals surface area contributed by atoms with Gasteiger partial charge >= 0.3 is 0 Å². The second kappa shape index (κ2) is 4.81. The van der Waals surface area contributed by atoms with Crippen molar-refractivity contribution in [1.29, 1.82) is 0 Å². The van der Waals surface area contributed by atoms with Crippen molar-refractivity contribution < 1.29 is 4.74 Å². The van der Waals surface area contributed by atoms with Gasteiger partial charge in [0.1, 0.15) is 5.82 Å². The Labute approximate surface area is 94.8 Å². The van der Waals surface area contributed by atoms with Crippen LogP contribution >= 0.6 is 11.6 Å². The fourth-order valence-electron chi connectivity index (χ4n) is 1.80. The quantitative estimate of drug-likeness (QED) is 0.842. The minimum absolute atomic E-state index is 0.337. The molecule has 0 aromatic carbocycles. The summed E-state index contributed by atoms with van der Waals surface area (Å²) >= 11 is 5.77. The molecule has 0 radical (unpaired) electrons. The molecule has 82 valence electrons. The molecule has 2 unspecified atom stereocenters.